The molecule has 16 nitrogen and oxygen atoms in total. The lowest BCUT2D eigenvalue weighted by Gasteiger charge is -2.21. The fourth-order valence-corrected chi connectivity index (χ4v) is 14.3. The molecule has 5 atom stereocenters. The molecular weight excluding hydrogens is 1460 g/mol. The molecule has 113 heavy (non-hydrogen) atoms. The van der Waals surface area contributed by atoms with Gasteiger partial charge in [0.25, 0.3) is 0 Å². The number of ether oxygens (including phenoxy) is 3. The predicted octanol–water partition coefficient (Wildman–Crippen LogP) is 28.0. The van der Waals surface area contributed by atoms with Crippen LogP contribution >= 0.6 is 15.6 Å². The molecule has 18 heteroatoms. The highest BCUT2D eigenvalue weighted by Crippen LogP contribution is 2.45. The van der Waals surface area contributed by atoms with E-state index in [2.05, 4.69) is 142 Å². The summed E-state index contributed by atoms with van der Waals surface area (Å²) in [5.41, 5.74) is 0. The van der Waals surface area contributed by atoms with Crippen LogP contribution in [-0.4, -0.2) is 95.9 Å². The number of rotatable bonds is 87. The quantitative estimate of drug-likeness (QED) is 0.0146. The number of aliphatic hydroxyl groups excluding tert-OH is 2. The number of aliphatic hydroxyl groups is 2. The Morgan fingerprint density at radius 1 is 0.257 bits per heavy atom. The molecule has 4 N–H and O–H groups in total. The van der Waals surface area contributed by atoms with E-state index in [-0.39, 0.29) is 19.3 Å². The first-order valence-electron chi connectivity index (χ1n) is 45.8. The first-order chi connectivity index (χ1) is 55.2. The highest BCUT2D eigenvalue weighted by Gasteiger charge is 2.29. The maximum atomic E-state index is 13.0. The summed E-state index contributed by atoms with van der Waals surface area (Å²) in [6, 6.07) is 0. The molecule has 0 rings (SSSR count). The Labute approximate surface area is 691 Å². The van der Waals surface area contributed by atoms with Gasteiger partial charge in [-0.05, 0) is 116 Å². The fraction of sp³-hybridized carbons (Fsp3) is 0.758. The Morgan fingerprint density at radius 2 is 0.469 bits per heavy atom. The van der Waals surface area contributed by atoms with Crippen molar-refractivity contribution in [2.24, 2.45) is 0 Å². The zero-order valence-corrected chi connectivity index (χ0v) is 73.8. The van der Waals surface area contributed by atoms with Crippen LogP contribution in [0, 0.1) is 0 Å². The van der Waals surface area contributed by atoms with E-state index in [0.29, 0.717) is 19.3 Å². The van der Waals surface area contributed by atoms with Crippen LogP contribution in [0.5, 0.6) is 0 Å². The van der Waals surface area contributed by atoms with Crippen molar-refractivity contribution >= 4 is 33.6 Å². The Morgan fingerprint density at radius 3 is 0.761 bits per heavy atom. The summed E-state index contributed by atoms with van der Waals surface area (Å²) < 4.78 is 61.4. The van der Waals surface area contributed by atoms with Crippen molar-refractivity contribution in [3.63, 3.8) is 0 Å². The van der Waals surface area contributed by atoms with Crippen molar-refractivity contribution in [2.75, 3.05) is 39.6 Å². The third kappa shape index (κ3) is 88.6. The maximum absolute atomic E-state index is 13.0. The van der Waals surface area contributed by atoms with Gasteiger partial charge in [0.2, 0.25) is 0 Å². The van der Waals surface area contributed by atoms with E-state index in [1.165, 1.54) is 218 Å². The Hall–Kier alpha value is -4.05. The zero-order valence-electron chi connectivity index (χ0n) is 72.0. The van der Waals surface area contributed by atoms with Crippen LogP contribution in [0.3, 0.4) is 0 Å². The Balaban J connectivity index is 4.47. The third-order valence-electron chi connectivity index (χ3n) is 19.7. The topological polar surface area (TPSA) is 231 Å². The van der Waals surface area contributed by atoms with Crippen LogP contribution in [0.1, 0.15) is 406 Å². The van der Waals surface area contributed by atoms with Gasteiger partial charge in [-0.3, -0.25) is 32.5 Å². The molecule has 0 aromatic heterocycles. The van der Waals surface area contributed by atoms with Crippen LogP contribution in [-0.2, 0) is 55.8 Å². The molecular formula is C95H168O16P2. The first kappa shape index (κ1) is 109. The van der Waals surface area contributed by atoms with Gasteiger partial charge in [0.15, 0.2) is 6.10 Å². The zero-order chi connectivity index (χ0) is 82.2. The molecule has 0 saturated carbocycles. The van der Waals surface area contributed by atoms with Gasteiger partial charge in [-0.1, -0.05) is 393 Å². The van der Waals surface area contributed by atoms with Gasteiger partial charge in [-0.15, -0.1) is 0 Å². The monoisotopic (exact) mass is 1630 g/mol. The first-order valence-corrected chi connectivity index (χ1v) is 48.8. The van der Waals surface area contributed by atoms with Crippen LogP contribution in [0.4, 0.5) is 0 Å². The van der Waals surface area contributed by atoms with E-state index >= 15 is 0 Å². The SMILES string of the molecule is CC/C=C\C/C=C\C/C=C\C/C=C\C/C=C\C/C=C\CCCCCCCCCCCCCCC(=O)OCC(O)COP(=O)(O)OCC(O)COP(=O)(O)OCC(COC(=O)CCCCCCCCCCCCCCCCC/C=C\C/C=C\C/C=C\C/C=C\CCCCC)OC(=O)CCCCCCCCCCCCCCCCC. The molecule has 0 aromatic rings. The van der Waals surface area contributed by atoms with Crippen molar-refractivity contribution in [3.05, 3.63) is 122 Å². The molecule has 0 radical (unpaired) electrons. The highest BCUT2D eigenvalue weighted by molar-refractivity contribution is 7.47. The number of carbonyl (C=O) groups is 3. The van der Waals surface area contributed by atoms with E-state index < -0.39 is 91.5 Å². The minimum Gasteiger partial charge on any atom is -0.463 e. The molecule has 654 valence electrons. The number of hydrogen-bond donors (Lipinski definition) is 4. The van der Waals surface area contributed by atoms with E-state index in [0.717, 1.165) is 128 Å². The largest absolute Gasteiger partial charge is 0.472 e. The van der Waals surface area contributed by atoms with E-state index in [1.807, 2.05) is 0 Å². The molecule has 0 saturated heterocycles. The van der Waals surface area contributed by atoms with Crippen LogP contribution in [0.25, 0.3) is 0 Å². The lowest BCUT2D eigenvalue weighted by molar-refractivity contribution is -0.161. The smallest absolute Gasteiger partial charge is 0.463 e. The second-order valence-electron chi connectivity index (χ2n) is 30.7. The molecule has 0 aliphatic rings. The highest BCUT2D eigenvalue weighted by atomic mass is 31.2. The summed E-state index contributed by atoms with van der Waals surface area (Å²) in [5, 5.41) is 20.7. The summed E-state index contributed by atoms with van der Waals surface area (Å²) in [5.74, 6) is -1.55. The van der Waals surface area contributed by atoms with Gasteiger partial charge in [-0.2, -0.15) is 0 Å². The normalized spacial score (nSPS) is 14.4. The van der Waals surface area contributed by atoms with Crippen LogP contribution in [0.15, 0.2) is 122 Å². The second-order valence-corrected chi connectivity index (χ2v) is 33.6. The minimum atomic E-state index is -4.93. The van der Waals surface area contributed by atoms with Crippen molar-refractivity contribution in [1.82, 2.24) is 0 Å². The van der Waals surface area contributed by atoms with Crippen molar-refractivity contribution in [3.8, 4) is 0 Å². The summed E-state index contributed by atoms with van der Waals surface area (Å²) in [6.07, 6.45) is 107. The van der Waals surface area contributed by atoms with E-state index in [9.17, 15) is 43.5 Å². The molecule has 0 bridgehead atoms. The van der Waals surface area contributed by atoms with Crippen molar-refractivity contribution < 1.29 is 75.8 Å². The molecule has 0 aliphatic heterocycles. The summed E-state index contributed by atoms with van der Waals surface area (Å²) in [7, 11) is -9.79. The number of esters is 3. The van der Waals surface area contributed by atoms with E-state index in [4.69, 9.17) is 32.3 Å². The molecule has 0 aliphatic carbocycles. The molecule has 0 fully saturated rings. The Bertz CT molecular complexity index is 2540. The molecule has 0 aromatic carbocycles. The average molecular weight is 1630 g/mol. The Kier molecular flexibility index (Phi) is 84.1. The second kappa shape index (κ2) is 87.3. The number of unbranched alkanes of at least 4 members (excludes halogenated alkanes) is 44. The standard InChI is InChI=1S/C95H168O16P2/c1-4-7-10-13-16-19-22-25-28-30-32-34-36-38-40-42-44-46-48-50-52-54-56-58-61-63-66-69-72-75-78-81-93(98)105-84-90(96)85-107-112(101,102)108-86-91(97)87-109-113(103,104)110-89-92(111-95(100)83-80-77-74-71-68-65-60-27-24-21-18-15-12-9-6-3)88-106-94(99)82-79-76-73-70-67-64-62-59-57-55-53-51-49-47-45-43-41-39-37-35-33-31-29-26-23-20-17-14-11-8-5-2/h7,10,16-17,19-20,25-26,28-29,32-35,38-41,44,46,90-92,96-97H,4-6,8-9,11-15,18,21-24,27,30-31,36-37,42-43,45,47-89H2,1-3H3,(H,101,102)(H,103,104)/b10-7-,19-16-,20-17-,28-25-,29-26-,34-32-,35-33-,40-38-,41-39-,46-44-. The molecule has 0 spiro atoms. The van der Waals surface area contributed by atoms with Gasteiger partial charge in [0.1, 0.15) is 25.4 Å². The summed E-state index contributed by atoms with van der Waals surface area (Å²) in [6.45, 7) is 2.61. The fourth-order valence-electron chi connectivity index (χ4n) is 12.7. The van der Waals surface area contributed by atoms with Gasteiger partial charge in [0, 0.05) is 19.3 Å². The predicted molar refractivity (Wildman–Crippen MR) is 473 cm³/mol. The van der Waals surface area contributed by atoms with Gasteiger partial charge in [-0.25, -0.2) is 9.13 Å². The van der Waals surface area contributed by atoms with Gasteiger partial charge in [0.05, 0.1) is 26.4 Å². The number of hydrogen-bond acceptors (Lipinski definition) is 14. The number of phosphoric ester groups is 2. The van der Waals surface area contributed by atoms with Gasteiger partial charge >= 0.3 is 33.6 Å². The van der Waals surface area contributed by atoms with Crippen molar-refractivity contribution in [1.29, 1.82) is 0 Å². The van der Waals surface area contributed by atoms with Crippen LogP contribution in [0.2, 0.25) is 0 Å². The molecule has 0 heterocycles. The summed E-state index contributed by atoms with van der Waals surface area (Å²) >= 11 is 0. The van der Waals surface area contributed by atoms with Gasteiger partial charge < -0.3 is 34.2 Å². The van der Waals surface area contributed by atoms with E-state index in [1.54, 1.807) is 0 Å². The summed E-state index contributed by atoms with van der Waals surface area (Å²) in [4.78, 5) is 58.9. The molecule has 5 unspecified atom stereocenters. The third-order valence-corrected chi connectivity index (χ3v) is 21.6. The number of allylic oxidation sites excluding steroid dienone is 20. The number of phosphoric acid groups is 2. The lowest BCUT2D eigenvalue weighted by atomic mass is 10.0. The van der Waals surface area contributed by atoms with Crippen LogP contribution < -0.4 is 0 Å². The van der Waals surface area contributed by atoms with Crippen molar-refractivity contribution in [2.45, 2.75) is 424 Å². The maximum Gasteiger partial charge on any atom is 0.472 e. The lowest BCUT2D eigenvalue weighted by Crippen LogP contribution is -2.30. The molecule has 0 amide bonds. The number of carbonyl (C=O) groups excluding carboxylic acids is 3. The minimum absolute atomic E-state index is 0.109. The average Bonchev–Trinajstić information content (AvgIpc) is 0.903.